The van der Waals surface area contributed by atoms with Crippen molar-refractivity contribution in [2.24, 2.45) is 0 Å². The third kappa shape index (κ3) is 5.94. The molecule has 42 heavy (non-hydrogen) atoms. The molecule has 2 amide bonds. The molecule has 0 bridgehead atoms. The van der Waals surface area contributed by atoms with Crippen LogP contribution in [0.5, 0.6) is 5.75 Å². The van der Waals surface area contributed by atoms with Crippen molar-refractivity contribution < 1.29 is 28.2 Å². The Kier molecular flexibility index (Phi) is 7.32. The van der Waals surface area contributed by atoms with E-state index in [2.05, 4.69) is 20.1 Å². The zero-order chi connectivity index (χ0) is 29.4. The molecule has 0 spiro atoms. The van der Waals surface area contributed by atoms with E-state index in [1.165, 1.54) is 6.20 Å². The lowest BCUT2D eigenvalue weighted by Gasteiger charge is -2.29. The van der Waals surface area contributed by atoms with Gasteiger partial charge in [-0.15, -0.1) is 5.10 Å². The van der Waals surface area contributed by atoms with Crippen molar-refractivity contribution in [3.8, 4) is 17.1 Å². The summed E-state index contributed by atoms with van der Waals surface area (Å²) in [5.41, 5.74) is 0.300. The molecule has 2 saturated heterocycles. The van der Waals surface area contributed by atoms with Gasteiger partial charge in [-0.3, -0.25) is 9.48 Å². The van der Waals surface area contributed by atoms with Crippen LogP contribution in [0.25, 0.3) is 16.2 Å². The minimum absolute atomic E-state index is 0.0337. The zero-order valence-corrected chi connectivity index (χ0v) is 23.8. The minimum atomic E-state index is -0.660. The van der Waals surface area contributed by atoms with Crippen molar-refractivity contribution >= 4 is 17.7 Å². The maximum atomic E-state index is 13.9. The predicted octanol–water partition coefficient (Wildman–Crippen LogP) is 3.94. The van der Waals surface area contributed by atoms with Gasteiger partial charge >= 0.3 is 12.0 Å². The van der Waals surface area contributed by atoms with Crippen LogP contribution in [0, 0.1) is 6.57 Å². The maximum absolute atomic E-state index is 13.9. The van der Waals surface area contributed by atoms with E-state index < -0.39 is 11.7 Å². The lowest BCUT2D eigenvalue weighted by Crippen LogP contribution is -2.45. The first kappa shape index (κ1) is 27.7. The Balaban J connectivity index is 1.25. The Morgan fingerprint density at radius 2 is 2.02 bits per heavy atom. The van der Waals surface area contributed by atoms with Gasteiger partial charge in [-0.05, 0) is 52.2 Å². The van der Waals surface area contributed by atoms with Gasteiger partial charge in [-0.25, -0.2) is 14.6 Å². The molecule has 3 fully saturated rings. The normalized spacial score (nSPS) is 20.6. The third-order valence-corrected chi connectivity index (χ3v) is 7.41. The molecule has 2 aliphatic heterocycles. The smallest absolute Gasteiger partial charge is 0.410 e. The van der Waals surface area contributed by atoms with Crippen LogP contribution in [0.15, 0.2) is 41.2 Å². The van der Waals surface area contributed by atoms with E-state index in [-0.39, 0.29) is 36.0 Å². The van der Waals surface area contributed by atoms with Gasteiger partial charge < -0.3 is 28.4 Å². The number of hydrogen-bond acceptors (Lipinski definition) is 9. The van der Waals surface area contributed by atoms with Crippen molar-refractivity contribution in [1.82, 2.24) is 29.8 Å². The van der Waals surface area contributed by atoms with Crippen LogP contribution >= 0.6 is 0 Å². The first-order valence-electron chi connectivity index (χ1n) is 14.1. The Morgan fingerprint density at radius 3 is 2.67 bits per heavy atom. The van der Waals surface area contributed by atoms with Crippen molar-refractivity contribution in [1.29, 1.82) is 0 Å². The summed E-state index contributed by atoms with van der Waals surface area (Å²) in [5.74, 6) is 0.479. The predicted molar refractivity (Wildman–Crippen MR) is 148 cm³/mol. The van der Waals surface area contributed by atoms with Gasteiger partial charge in [0.25, 0.3) is 5.89 Å². The molecule has 0 radical (unpaired) electrons. The number of benzene rings is 1. The van der Waals surface area contributed by atoms with E-state index in [9.17, 15) is 9.59 Å². The number of likely N-dealkylation sites (tertiary alicyclic amines) is 1. The van der Waals surface area contributed by atoms with Crippen LogP contribution in [0.1, 0.15) is 50.7 Å². The molecule has 6 rings (SSSR count). The van der Waals surface area contributed by atoms with Gasteiger partial charge in [0.05, 0.1) is 56.4 Å². The molecule has 3 aliphatic rings. The number of carbonyl (C=O) groups is 2. The summed E-state index contributed by atoms with van der Waals surface area (Å²) in [6, 6.07) is 4.60. The molecule has 2 atom stereocenters. The highest BCUT2D eigenvalue weighted by Crippen LogP contribution is 2.38. The third-order valence-electron chi connectivity index (χ3n) is 7.41. The van der Waals surface area contributed by atoms with Crippen LogP contribution in [-0.4, -0.2) is 91.4 Å². The first-order chi connectivity index (χ1) is 20.2. The number of ether oxygens (including phenoxy) is 3. The fourth-order valence-electron chi connectivity index (χ4n) is 5.29. The molecule has 0 N–H and O–H groups in total. The molecule has 1 saturated carbocycles. The first-order valence-corrected chi connectivity index (χ1v) is 14.1. The molecule has 0 unspecified atom stereocenters. The summed E-state index contributed by atoms with van der Waals surface area (Å²) in [4.78, 5) is 38.5. The van der Waals surface area contributed by atoms with E-state index >= 15 is 0 Å². The average Bonchev–Trinajstić information content (AvgIpc) is 3.30. The van der Waals surface area contributed by atoms with E-state index in [0.29, 0.717) is 55.5 Å². The molecule has 2 aromatic heterocycles. The summed E-state index contributed by atoms with van der Waals surface area (Å²) in [5, 5.41) is 7.96. The number of carbonyl (C=O) groups excluding carboxylic acids is 2. The van der Waals surface area contributed by atoms with Gasteiger partial charge in [0, 0.05) is 18.8 Å². The number of hydrogen-bond donors (Lipinski definition) is 0. The highest BCUT2D eigenvalue weighted by Gasteiger charge is 2.47. The minimum Gasteiger partial charge on any atom is -0.485 e. The van der Waals surface area contributed by atoms with Gasteiger partial charge in [0.2, 0.25) is 0 Å². The Labute approximate surface area is 243 Å². The highest BCUT2D eigenvalue weighted by atomic mass is 16.6. The van der Waals surface area contributed by atoms with Crippen LogP contribution in [-0.2, 0) is 16.0 Å². The van der Waals surface area contributed by atoms with E-state index in [1.54, 1.807) is 40.2 Å². The van der Waals surface area contributed by atoms with Gasteiger partial charge in [-0.1, -0.05) is 11.3 Å². The fraction of sp³-hybridized carbons (Fsp3) is 0.517. The Bertz CT molecular complexity index is 1480. The van der Waals surface area contributed by atoms with Crippen LogP contribution in [0.4, 0.5) is 10.5 Å². The number of amides is 2. The number of nitrogens with zero attached hydrogens (tertiary/aromatic N) is 7. The number of rotatable bonds is 8. The van der Waals surface area contributed by atoms with E-state index in [1.807, 2.05) is 25.7 Å². The molecule has 13 nitrogen and oxygen atoms in total. The van der Waals surface area contributed by atoms with E-state index in [4.69, 9.17) is 25.2 Å². The Hall–Kier alpha value is -4.44. The zero-order valence-electron chi connectivity index (χ0n) is 23.8. The van der Waals surface area contributed by atoms with Crippen molar-refractivity contribution in [2.75, 3.05) is 19.8 Å². The second kappa shape index (κ2) is 11.1. The fourth-order valence-corrected chi connectivity index (χ4v) is 5.29. The molecule has 4 heterocycles. The van der Waals surface area contributed by atoms with Gasteiger partial charge in [0.1, 0.15) is 17.5 Å². The SMILES string of the molecule is [C-]#[N+]c1ccc(OC2COC2)c(-c2cnc(C(=O)N(C3CC3)[C@@H]3C[C@@H](Cn4ccnn4)N(C(=O)OC(C)(C)C)C3)o2)c1. The van der Waals surface area contributed by atoms with Crippen molar-refractivity contribution in [3.05, 3.63) is 54.1 Å². The summed E-state index contributed by atoms with van der Waals surface area (Å²) in [6.07, 6.45) is 6.59. The second-order valence-corrected chi connectivity index (χ2v) is 11.8. The monoisotopic (exact) mass is 575 g/mol. The molecule has 3 aromatic rings. The van der Waals surface area contributed by atoms with Crippen molar-refractivity contribution in [2.45, 2.75) is 76.4 Å². The largest absolute Gasteiger partial charge is 0.485 e. The summed E-state index contributed by atoms with van der Waals surface area (Å²) in [6.45, 7) is 14.6. The van der Waals surface area contributed by atoms with Crippen molar-refractivity contribution in [3.63, 3.8) is 0 Å². The Morgan fingerprint density at radius 1 is 1.21 bits per heavy atom. The summed E-state index contributed by atoms with van der Waals surface area (Å²) >= 11 is 0. The quantitative estimate of drug-likeness (QED) is 0.367. The van der Waals surface area contributed by atoms with Crippen LogP contribution in [0.2, 0.25) is 0 Å². The summed E-state index contributed by atoms with van der Waals surface area (Å²) in [7, 11) is 0. The van der Waals surface area contributed by atoms with Crippen LogP contribution in [0.3, 0.4) is 0 Å². The highest BCUT2D eigenvalue weighted by molar-refractivity contribution is 5.91. The van der Waals surface area contributed by atoms with Gasteiger partial charge in [0.15, 0.2) is 11.4 Å². The lowest BCUT2D eigenvalue weighted by atomic mass is 10.1. The second-order valence-electron chi connectivity index (χ2n) is 11.8. The number of oxazole rings is 1. The molecular formula is C29H33N7O6. The average molecular weight is 576 g/mol. The summed E-state index contributed by atoms with van der Waals surface area (Å²) < 4.78 is 24.7. The molecule has 1 aromatic carbocycles. The number of aromatic nitrogens is 4. The maximum Gasteiger partial charge on any atom is 0.410 e. The molecule has 220 valence electrons. The van der Waals surface area contributed by atoms with Gasteiger partial charge in [-0.2, -0.15) is 0 Å². The molecule has 13 heteroatoms. The molecular weight excluding hydrogens is 542 g/mol. The van der Waals surface area contributed by atoms with Crippen LogP contribution < -0.4 is 4.74 Å². The molecule has 1 aliphatic carbocycles. The topological polar surface area (TPSA) is 129 Å². The standard InChI is InChI=1S/C29H33N7O6/c1-29(2,3)42-28(38)35-15-21(12-20(35)14-34-10-9-32-33-34)36(19-6-7-19)27(37)26-31-13-25(41-26)23-11-18(30-4)5-8-24(23)40-22-16-39-17-22/h5,8-11,13,19-22H,6-7,12,14-17H2,1-3H3/t20-,21+/m0/s1. The van der Waals surface area contributed by atoms with E-state index in [0.717, 1.165) is 12.8 Å². The lowest BCUT2D eigenvalue weighted by molar-refractivity contribution is -0.0794.